The smallest absolute Gasteiger partial charge is 0.408 e. The van der Waals surface area contributed by atoms with Gasteiger partial charge < -0.3 is 14.9 Å². The fourth-order valence-corrected chi connectivity index (χ4v) is 1.65. The first-order chi connectivity index (χ1) is 8.83. The van der Waals surface area contributed by atoms with E-state index in [-0.39, 0.29) is 12.1 Å². The minimum Gasteiger partial charge on any atom is -0.444 e. The minimum absolute atomic E-state index is 0.352. The minimum atomic E-state index is -0.549. The van der Waals surface area contributed by atoms with Crippen LogP contribution in [0.1, 0.15) is 39.3 Å². The number of nitrogens with zero attached hydrogens (tertiary/aromatic N) is 1. The van der Waals surface area contributed by atoms with Crippen LogP contribution in [0.3, 0.4) is 0 Å². The molecule has 2 unspecified atom stereocenters. The Balaban J connectivity index is 2.83. The van der Waals surface area contributed by atoms with Crippen LogP contribution in [0, 0.1) is 6.57 Å². The predicted octanol–water partition coefficient (Wildman–Crippen LogP) is 3.56. The van der Waals surface area contributed by atoms with Gasteiger partial charge in [-0.25, -0.2) is 11.4 Å². The second-order valence-electron chi connectivity index (χ2n) is 5.40. The van der Waals surface area contributed by atoms with Gasteiger partial charge in [0.1, 0.15) is 11.6 Å². The summed E-state index contributed by atoms with van der Waals surface area (Å²) in [6.45, 7) is 14.3. The summed E-state index contributed by atoms with van der Waals surface area (Å²) < 4.78 is 5.23. The van der Waals surface area contributed by atoms with E-state index >= 15 is 0 Å². The highest BCUT2D eigenvalue weighted by atomic mass is 16.6. The largest absolute Gasteiger partial charge is 0.444 e. The Morgan fingerprint density at radius 2 is 1.89 bits per heavy atom. The van der Waals surface area contributed by atoms with Crippen LogP contribution in [0.5, 0.6) is 0 Å². The summed E-state index contributed by atoms with van der Waals surface area (Å²) in [7, 11) is 0. The fourth-order valence-electron chi connectivity index (χ4n) is 1.65. The highest BCUT2D eigenvalue weighted by molar-refractivity contribution is 5.68. The van der Waals surface area contributed by atoms with Gasteiger partial charge in [0.05, 0.1) is 0 Å². The maximum Gasteiger partial charge on any atom is 0.408 e. The number of carbonyl (C=O) groups is 1. The monoisotopic (exact) mass is 260 g/mol. The standard InChI is InChI=1S/C15H20N2O2/c1-11(16-5)13(12-9-7-6-8-10-12)17-14(18)19-15(2,3)4/h6-11,13H,1-4H3,(H,17,18). The molecule has 1 aromatic rings. The van der Waals surface area contributed by atoms with E-state index < -0.39 is 11.7 Å². The van der Waals surface area contributed by atoms with Crippen molar-refractivity contribution in [3.63, 3.8) is 0 Å². The molecule has 0 aliphatic carbocycles. The summed E-state index contributed by atoms with van der Waals surface area (Å²) in [6.07, 6.45) is -0.503. The van der Waals surface area contributed by atoms with E-state index in [4.69, 9.17) is 11.3 Å². The van der Waals surface area contributed by atoms with Crippen molar-refractivity contribution in [1.82, 2.24) is 5.32 Å². The molecule has 0 aromatic heterocycles. The van der Waals surface area contributed by atoms with Gasteiger partial charge in [-0.2, -0.15) is 0 Å². The zero-order valence-corrected chi connectivity index (χ0v) is 11.8. The molecule has 1 aromatic carbocycles. The average Bonchev–Trinajstić information content (AvgIpc) is 2.34. The fraction of sp³-hybridized carbons (Fsp3) is 0.467. The maximum atomic E-state index is 11.8. The number of carbonyl (C=O) groups excluding carboxylic acids is 1. The number of amides is 1. The lowest BCUT2D eigenvalue weighted by Crippen LogP contribution is -2.38. The number of alkyl carbamates (subject to hydrolysis) is 1. The summed E-state index contributed by atoms with van der Waals surface area (Å²) in [5, 5.41) is 2.77. The van der Waals surface area contributed by atoms with Crippen LogP contribution in [-0.2, 0) is 4.74 Å². The molecule has 4 heteroatoms. The molecule has 4 nitrogen and oxygen atoms in total. The van der Waals surface area contributed by atoms with E-state index in [1.54, 1.807) is 6.92 Å². The van der Waals surface area contributed by atoms with Crippen LogP contribution in [0.25, 0.3) is 4.85 Å². The lowest BCUT2D eigenvalue weighted by Gasteiger charge is -2.23. The molecule has 0 aliphatic rings. The average molecular weight is 260 g/mol. The molecule has 0 aliphatic heterocycles. The highest BCUT2D eigenvalue weighted by Gasteiger charge is 2.27. The van der Waals surface area contributed by atoms with Gasteiger partial charge in [0, 0.05) is 6.92 Å². The van der Waals surface area contributed by atoms with Gasteiger partial charge in [-0.1, -0.05) is 30.3 Å². The molecule has 102 valence electrons. The predicted molar refractivity (Wildman–Crippen MR) is 74.6 cm³/mol. The molecular formula is C15H20N2O2. The third-order valence-corrected chi connectivity index (χ3v) is 2.52. The Labute approximate surface area is 114 Å². The van der Waals surface area contributed by atoms with Crippen LogP contribution >= 0.6 is 0 Å². The molecule has 19 heavy (non-hydrogen) atoms. The Morgan fingerprint density at radius 3 is 2.37 bits per heavy atom. The van der Waals surface area contributed by atoms with E-state index in [1.807, 2.05) is 51.1 Å². The van der Waals surface area contributed by atoms with E-state index in [0.29, 0.717) is 0 Å². The second-order valence-corrected chi connectivity index (χ2v) is 5.40. The van der Waals surface area contributed by atoms with Crippen molar-refractivity contribution in [2.24, 2.45) is 0 Å². The zero-order chi connectivity index (χ0) is 14.5. The number of rotatable bonds is 3. The molecule has 0 saturated carbocycles. The van der Waals surface area contributed by atoms with E-state index in [9.17, 15) is 4.79 Å². The van der Waals surface area contributed by atoms with Gasteiger partial charge in [0.25, 0.3) is 0 Å². The number of hydrogen-bond acceptors (Lipinski definition) is 2. The number of nitrogens with one attached hydrogen (secondary N) is 1. The van der Waals surface area contributed by atoms with Crippen molar-refractivity contribution >= 4 is 6.09 Å². The lowest BCUT2D eigenvalue weighted by atomic mass is 10.0. The second kappa shape index (κ2) is 6.24. The van der Waals surface area contributed by atoms with Gasteiger partial charge >= 0.3 is 6.09 Å². The summed E-state index contributed by atoms with van der Waals surface area (Å²) >= 11 is 0. The normalized spacial score (nSPS) is 14.1. The number of hydrogen-bond donors (Lipinski definition) is 1. The molecule has 1 N–H and O–H groups in total. The van der Waals surface area contributed by atoms with Crippen molar-refractivity contribution < 1.29 is 9.53 Å². The molecular weight excluding hydrogens is 240 g/mol. The lowest BCUT2D eigenvalue weighted by molar-refractivity contribution is 0.0500. The maximum absolute atomic E-state index is 11.8. The van der Waals surface area contributed by atoms with Gasteiger partial charge in [-0.15, -0.1) is 0 Å². The highest BCUT2D eigenvalue weighted by Crippen LogP contribution is 2.20. The zero-order valence-electron chi connectivity index (χ0n) is 11.8. The Bertz CT molecular complexity index is 457. The third kappa shape index (κ3) is 5.01. The van der Waals surface area contributed by atoms with Crippen LogP contribution in [0.4, 0.5) is 4.79 Å². The SMILES string of the molecule is [C-]#[N+]C(C)C(NC(=O)OC(C)(C)C)c1ccccc1. The van der Waals surface area contributed by atoms with Crippen LogP contribution < -0.4 is 5.32 Å². The molecule has 0 spiro atoms. The molecule has 0 bridgehead atoms. The van der Waals surface area contributed by atoms with Crippen molar-refractivity contribution in [1.29, 1.82) is 0 Å². The Morgan fingerprint density at radius 1 is 1.32 bits per heavy atom. The van der Waals surface area contributed by atoms with E-state index in [2.05, 4.69) is 10.2 Å². The van der Waals surface area contributed by atoms with Crippen LogP contribution in [-0.4, -0.2) is 17.7 Å². The Kier molecular flexibility index (Phi) is 4.94. The molecule has 1 amide bonds. The molecule has 0 saturated heterocycles. The Hall–Kier alpha value is -2.02. The molecule has 1 rings (SSSR count). The summed E-state index contributed by atoms with van der Waals surface area (Å²) in [5.74, 6) is 0. The molecule has 0 fully saturated rings. The van der Waals surface area contributed by atoms with Crippen molar-refractivity contribution in [3.8, 4) is 0 Å². The molecule has 0 heterocycles. The van der Waals surface area contributed by atoms with Gasteiger partial charge in [0.15, 0.2) is 0 Å². The van der Waals surface area contributed by atoms with Gasteiger partial charge in [-0.3, -0.25) is 0 Å². The van der Waals surface area contributed by atoms with Crippen molar-refractivity contribution in [2.75, 3.05) is 0 Å². The summed E-state index contributed by atoms with van der Waals surface area (Å²) in [6, 6.07) is 8.73. The summed E-state index contributed by atoms with van der Waals surface area (Å²) in [4.78, 5) is 15.3. The number of benzene rings is 1. The van der Waals surface area contributed by atoms with Gasteiger partial charge in [-0.05, 0) is 26.3 Å². The van der Waals surface area contributed by atoms with Crippen molar-refractivity contribution in [2.45, 2.75) is 45.4 Å². The topological polar surface area (TPSA) is 42.7 Å². The van der Waals surface area contributed by atoms with Crippen LogP contribution in [0.2, 0.25) is 0 Å². The third-order valence-electron chi connectivity index (χ3n) is 2.52. The van der Waals surface area contributed by atoms with Gasteiger partial charge in [0.2, 0.25) is 6.04 Å². The molecule has 2 atom stereocenters. The first-order valence-corrected chi connectivity index (χ1v) is 6.24. The number of ether oxygens (including phenoxy) is 1. The van der Waals surface area contributed by atoms with Crippen LogP contribution in [0.15, 0.2) is 30.3 Å². The summed E-state index contributed by atoms with van der Waals surface area (Å²) in [5.41, 5.74) is 0.351. The first-order valence-electron chi connectivity index (χ1n) is 6.24. The quantitative estimate of drug-likeness (QED) is 0.844. The van der Waals surface area contributed by atoms with E-state index in [1.165, 1.54) is 0 Å². The van der Waals surface area contributed by atoms with E-state index in [0.717, 1.165) is 5.56 Å². The molecule has 0 radical (unpaired) electrons. The van der Waals surface area contributed by atoms with Crippen molar-refractivity contribution in [3.05, 3.63) is 47.3 Å². The first kappa shape index (κ1) is 15.0.